The van der Waals surface area contributed by atoms with Crippen molar-refractivity contribution in [2.24, 2.45) is 0 Å². The van der Waals surface area contributed by atoms with Gasteiger partial charge in [0, 0.05) is 37.4 Å². The van der Waals surface area contributed by atoms with E-state index in [2.05, 4.69) is 14.9 Å². The molecule has 0 aromatic heterocycles. The third-order valence-electron chi connectivity index (χ3n) is 5.24. The number of sulfonamides is 1. The van der Waals surface area contributed by atoms with Crippen molar-refractivity contribution in [1.82, 2.24) is 10.0 Å². The van der Waals surface area contributed by atoms with Gasteiger partial charge in [0.15, 0.2) is 0 Å². The Labute approximate surface area is 173 Å². The van der Waals surface area contributed by atoms with Gasteiger partial charge in [0.05, 0.1) is 4.90 Å². The zero-order chi connectivity index (χ0) is 20.7. The van der Waals surface area contributed by atoms with E-state index >= 15 is 0 Å². The molecule has 0 heterocycles. The molecule has 0 atom stereocenters. The summed E-state index contributed by atoms with van der Waals surface area (Å²) in [6, 6.07) is 16.3. The molecule has 2 aromatic rings. The van der Waals surface area contributed by atoms with E-state index in [4.69, 9.17) is 0 Å². The summed E-state index contributed by atoms with van der Waals surface area (Å²) in [7, 11) is -1.59. The summed E-state index contributed by atoms with van der Waals surface area (Å²) < 4.78 is 27.9. The lowest BCUT2D eigenvalue weighted by molar-refractivity contribution is 0.0953. The summed E-state index contributed by atoms with van der Waals surface area (Å²) in [5.74, 6) is -0.259. The second kappa shape index (κ2) is 9.89. The van der Waals surface area contributed by atoms with Crippen molar-refractivity contribution in [3.63, 3.8) is 0 Å². The number of nitrogens with zero attached hydrogens (tertiary/aromatic N) is 1. The highest BCUT2D eigenvalue weighted by Gasteiger charge is 2.23. The molecule has 1 saturated carbocycles. The Bertz CT molecular complexity index is 910. The molecular weight excluding hydrogens is 386 g/mol. The fourth-order valence-electron chi connectivity index (χ4n) is 3.57. The Morgan fingerprint density at radius 2 is 1.79 bits per heavy atom. The molecule has 1 aliphatic rings. The molecule has 156 valence electrons. The van der Waals surface area contributed by atoms with E-state index in [0.29, 0.717) is 12.1 Å². The second-order valence-corrected chi connectivity index (χ2v) is 9.21. The standard InChI is InChI=1S/C22H29N3O3S/c1-25(20-12-3-2-4-13-20)16-8-15-23-22(26)18-9-7-14-21(17-18)29(27,28)24-19-10-5-6-11-19/h2-4,7,9,12-14,17,19,24H,5-6,8,10-11,15-16H2,1H3,(H,23,26). The molecule has 0 spiro atoms. The van der Waals surface area contributed by atoms with Crippen LogP contribution in [-0.2, 0) is 10.0 Å². The van der Waals surface area contributed by atoms with Crippen LogP contribution in [0.2, 0.25) is 0 Å². The van der Waals surface area contributed by atoms with Gasteiger partial charge in [-0.1, -0.05) is 37.1 Å². The van der Waals surface area contributed by atoms with Crippen molar-refractivity contribution >= 4 is 21.6 Å². The van der Waals surface area contributed by atoms with Gasteiger partial charge in [-0.15, -0.1) is 0 Å². The Hall–Kier alpha value is -2.38. The van der Waals surface area contributed by atoms with Crippen LogP contribution < -0.4 is 14.9 Å². The van der Waals surface area contributed by atoms with Crippen molar-refractivity contribution in [3.05, 3.63) is 60.2 Å². The van der Waals surface area contributed by atoms with E-state index in [1.54, 1.807) is 12.1 Å². The summed E-state index contributed by atoms with van der Waals surface area (Å²) >= 11 is 0. The van der Waals surface area contributed by atoms with Crippen LogP contribution in [0.5, 0.6) is 0 Å². The van der Waals surface area contributed by atoms with Crippen LogP contribution in [0, 0.1) is 0 Å². The smallest absolute Gasteiger partial charge is 0.251 e. The second-order valence-electron chi connectivity index (χ2n) is 7.50. The molecule has 2 N–H and O–H groups in total. The predicted molar refractivity (Wildman–Crippen MR) is 116 cm³/mol. The maximum Gasteiger partial charge on any atom is 0.251 e. The number of carbonyl (C=O) groups is 1. The minimum absolute atomic E-state index is 0.000845. The van der Waals surface area contributed by atoms with Crippen molar-refractivity contribution < 1.29 is 13.2 Å². The fraction of sp³-hybridized carbons (Fsp3) is 0.409. The van der Waals surface area contributed by atoms with Crippen LogP contribution in [0.25, 0.3) is 0 Å². The molecule has 0 bridgehead atoms. The predicted octanol–water partition coefficient (Wildman–Crippen LogP) is 3.16. The summed E-state index contributed by atoms with van der Waals surface area (Å²) in [5.41, 5.74) is 1.49. The van der Waals surface area contributed by atoms with Crippen molar-refractivity contribution in [2.75, 3.05) is 25.0 Å². The highest BCUT2D eigenvalue weighted by molar-refractivity contribution is 7.89. The van der Waals surface area contributed by atoms with E-state index in [1.165, 1.54) is 12.1 Å². The number of hydrogen-bond acceptors (Lipinski definition) is 4. The van der Waals surface area contributed by atoms with Crippen LogP contribution in [0.1, 0.15) is 42.5 Å². The number of para-hydroxylation sites is 1. The van der Waals surface area contributed by atoms with Gasteiger partial charge in [0.2, 0.25) is 10.0 Å². The molecular formula is C22H29N3O3S. The van der Waals surface area contributed by atoms with Crippen LogP contribution in [0.4, 0.5) is 5.69 Å². The molecule has 6 nitrogen and oxygen atoms in total. The highest BCUT2D eigenvalue weighted by Crippen LogP contribution is 2.21. The quantitative estimate of drug-likeness (QED) is 0.617. The average Bonchev–Trinajstić information content (AvgIpc) is 3.24. The molecule has 7 heteroatoms. The molecule has 1 fully saturated rings. The van der Waals surface area contributed by atoms with Crippen molar-refractivity contribution in [2.45, 2.75) is 43.0 Å². The van der Waals surface area contributed by atoms with Crippen molar-refractivity contribution in [3.8, 4) is 0 Å². The Morgan fingerprint density at radius 3 is 2.52 bits per heavy atom. The van der Waals surface area contributed by atoms with E-state index in [9.17, 15) is 13.2 Å². The normalized spacial score (nSPS) is 14.7. The number of amides is 1. The molecule has 1 aliphatic carbocycles. The molecule has 3 rings (SSSR count). The third-order valence-corrected chi connectivity index (χ3v) is 6.75. The van der Waals surface area contributed by atoms with E-state index < -0.39 is 10.0 Å². The summed E-state index contributed by atoms with van der Waals surface area (Å²) in [6.07, 6.45) is 4.64. The largest absolute Gasteiger partial charge is 0.375 e. The molecule has 0 radical (unpaired) electrons. The van der Waals surface area contributed by atoms with Crippen LogP contribution in [0.15, 0.2) is 59.5 Å². The molecule has 29 heavy (non-hydrogen) atoms. The lowest BCUT2D eigenvalue weighted by Gasteiger charge is -2.19. The average molecular weight is 416 g/mol. The summed E-state index contributed by atoms with van der Waals surface area (Å²) in [4.78, 5) is 14.7. The number of nitrogens with one attached hydrogen (secondary N) is 2. The summed E-state index contributed by atoms with van der Waals surface area (Å²) in [5, 5.41) is 2.88. The Balaban J connectivity index is 1.51. The molecule has 0 unspecified atom stereocenters. The maximum absolute atomic E-state index is 12.6. The molecule has 0 saturated heterocycles. The van der Waals surface area contributed by atoms with Gasteiger partial charge in [-0.2, -0.15) is 0 Å². The highest BCUT2D eigenvalue weighted by atomic mass is 32.2. The van der Waals surface area contributed by atoms with E-state index in [-0.39, 0.29) is 16.8 Å². The van der Waals surface area contributed by atoms with Gasteiger partial charge >= 0.3 is 0 Å². The van der Waals surface area contributed by atoms with Crippen LogP contribution in [-0.4, -0.2) is 40.5 Å². The number of benzene rings is 2. The minimum Gasteiger partial charge on any atom is -0.375 e. The van der Waals surface area contributed by atoms with Gasteiger partial charge in [0.1, 0.15) is 0 Å². The Kier molecular flexibility index (Phi) is 7.28. The van der Waals surface area contributed by atoms with Crippen LogP contribution in [0.3, 0.4) is 0 Å². The van der Waals surface area contributed by atoms with E-state index in [1.807, 2.05) is 37.4 Å². The minimum atomic E-state index is -3.60. The number of anilines is 1. The first-order valence-corrected chi connectivity index (χ1v) is 11.6. The number of hydrogen-bond donors (Lipinski definition) is 2. The fourth-order valence-corrected chi connectivity index (χ4v) is 4.92. The first kappa shape index (κ1) is 21.3. The van der Waals surface area contributed by atoms with Crippen molar-refractivity contribution in [1.29, 1.82) is 0 Å². The molecule has 1 amide bonds. The number of carbonyl (C=O) groups excluding carboxylic acids is 1. The van der Waals surface area contributed by atoms with Gasteiger partial charge < -0.3 is 10.2 Å². The van der Waals surface area contributed by atoms with Gasteiger partial charge in [-0.3, -0.25) is 4.79 Å². The lowest BCUT2D eigenvalue weighted by Crippen LogP contribution is -2.33. The zero-order valence-electron chi connectivity index (χ0n) is 16.8. The topological polar surface area (TPSA) is 78.5 Å². The number of rotatable bonds is 9. The zero-order valence-corrected chi connectivity index (χ0v) is 17.6. The lowest BCUT2D eigenvalue weighted by atomic mass is 10.2. The SMILES string of the molecule is CN(CCCNC(=O)c1cccc(S(=O)(=O)NC2CCCC2)c1)c1ccccc1. The first-order valence-electron chi connectivity index (χ1n) is 10.1. The van der Waals surface area contributed by atoms with Gasteiger partial charge in [-0.05, 0) is 49.6 Å². The first-order chi connectivity index (χ1) is 14.0. The summed E-state index contributed by atoms with van der Waals surface area (Å²) in [6.45, 7) is 1.33. The maximum atomic E-state index is 12.6. The molecule has 0 aliphatic heterocycles. The third kappa shape index (κ3) is 6.05. The van der Waals surface area contributed by atoms with Gasteiger partial charge in [0.25, 0.3) is 5.91 Å². The Morgan fingerprint density at radius 1 is 1.07 bits per heavy atom. The van der Waals surface area contributed by atoms with E-state index in [0.717, 1.165) is 44.3 Å². The monoisotopic (exact) mass is 415 g/mol. The van der Waals surface area contributed by atoms with Crippen LogP contribution >= 0.6 is 0 Å². The molecule has 2 aromatic carbocycles. The van der Waals surface area contributed by atoms with Gasteiger partial charge in [-0.25, -0.2) is 13.1 Å².